The van der Waals surface area contributed by atoms with Crippen molar-refractivity contribution in [2.24, 2.45) is 5.73 Å². The lowest BCUT2D eigenvalue weighted by molar-refractivity contribution is -0.163. The van der Waals surface area contributed by atoms with Crippen LogP contribution in [0.4, 0.5) is 0 Å². The Balaban J connectivity index is 2.47. The zero-order valence-electron chi connectivity index (χ0n) is 10.8. The lowest BCUT2D eigenvalue weighted by Gasteiger charge is -2.35. The van der Waals surface area contributed by atoms with Gasteiger partial charge in [0.15, 0.2) is 27.2 Å². The van der Waals surface area contributed by atoms with Gasteiger partial charge in [0.1, 0.15) is 5.37 Å². The zero-order valence-corrected chi connectivity index (χ0v) is 11.6. The van der Waals surface area contributed by atoms with Gasteiger partial charge in [-0.3, -0.25) is 14.4 Å². The minimum Gasteiger partial charge on any atom is -0.480 e. The summed E-state index contributed by atoms with van der Waals surface area (Å²) in [5.41, 5.74) is 4.79. The number of carboxylic acid groups (broad SMARTS) is 1. The second-order valence-electron chi connectivity index (χ2n) is 4.90. The summed E-state index contributed by atoms with van der Waals surface area (Å²) in [4.78, 5) is 46.1. The van der Waals surface area contributed by atoms with Crippen molar-refractivity contribution in [2.45, 2.75) is 29.5 Å². The van der Waals surface area contributed by atoms with Gasteiger partial charge >= 0.3 is 11.9 Å². The van der Waals surface area contributed by atoms with E-state index < -0.39 is 56.4 Å². The fraction of sp³-hybridized carbons (Fsp3) is 0.600. The fourth-order valence-electron chi connectivity index (χ4n) is 2.54. The zero-order chi connectivity index (χ0) is 16.2. The van der Waals surface area contributed by atoms with Crippen LogP contribution in [0.5, 0.6) is 0 Å². The maximum atomic E-state index is 12.3. The van der Waals surface area contributed by atoms with Crippen LogP contribution in [0.15, 0.2) is 0 Å². The molecule has 0 aromatic carbocycles. The summed E-state index contributed by atoms with van der Waals surface area (Å²) >= 11 is 0. The van der Waals surface area contributed by atoms with Crippen LogP contribution in [0.1, 0.15) is 13.3 Å². The third-order valence-corrected chi connectivity index (χ3v) is 6.36. The Morgan fingerprint density at radius 1 is 1.48 bits per heavy atom. The van der Waals surface area contributed by atoms with Crippen molar-refractivity contribution >= 4 is 33.6 Å². The van der Waals surface area contributed by atoms with Crippen LogP contribution in [-0.2, 0) is 33.8 Å². The number of hydrogen-bond donors (Lipinski definition) is 2. The molecule has 0 aromatic heterocycles. The molecule has 3 atom stereocenters. The molecule has 2 saturated heterocycles. The number of carboxylic acids is 1. The summed E-state index contributed by atoms with van der Waals surface area (Å²) in [6, 6.07) is -1.89. The van der Waals surface area contributed by atoms with Crippen molar-refractivity contribution in [1.29, 1.82) is 0 Å². The Morgan fingerprint density at radius 2 is 2.05 bits per heavy atom. The summed E-state index contributed by atoms with van der Waals surface area (Å²) in [6.45, 7) is -0.00899. The monoisotopic (exact) mass is 320 g/mol. The molecule has 0 bridgehead atoms. The molecule has 2 heterocycles. The van der Waals surface area contributed by atoms with Crippen LogP contribution >= 0.6 is 0 Å². The summed E-state index contributed by atoms with van der Waals surface area (Å²) in [6.07, 6.45) is -0.384. The van der Waals surface area contributed by atoms with Gasteiger partial charge in [-0.2, -0.15) is 0 Å². The van der Waals surface area contributed by atoms with Crippen LogP contribution in [0.2, 0.25) is 0 Å². The highest BCUT2D eigenvalue weighted by atomic mass is 32.2. The lowest BCUT2D eigenvalue weighted by Crippen LogP contribution is -2.59. The molecule has 2 aliphatic heterocycles. The standard InChI is InChI=1S/C10H12N2O8S/c1-10(9(17)20-3-4(11)13)7(8(15)16)12-5(14)2-6(12)21(10,18)19/h6-7H,2-3H2,1H3,(H2,11,13)(H,15,16)/t6-,7+,10-/m1/s1. The number of amides is 2. The Kier molecular flexibility index (Phi) is 3.20. The van der Waals surface area contributed by atoms with Gasteiger partial charge < -0.3 is 20.5 Å². The number of sulfone groups is 1. The van der Waals surface area contributed by atoms with E-state index in [0.717, 1.165) is 6.92 Å². The molecule has 21 heavy (non-hydrogen) atoms. The number of nitrogens with two attached hydrogens (primary N) is 1. The van der Waals surface area contributed by atoms with Gasteiger partial charge in [0.2, 0.25) is 5.91 Å². The second-order valence-corrected chi connectivity index (χ2v) is 7.38. The summed E-state index contributed by atoms with van der Waals surface area (Å²) < 4.78 is 26.7. The third kappa shape index (κ3) is 1.80. The van der Waals surface area contributed by atoms with Gasteiger partial charge in [-0.15, -0.1) is 0 Å². The van der Waals surface area contributed by atoms with Crippen molar-refractivity contribution in [3.63, 3.8) is 0 Å². The highest BCUT2D eigenvalue weighted by Crippen LogP contribution is 2.46. The number of primary amides is 1. The molecule has 2 amide bonds. The van der Waals surface area contributed by atoms with Crippen LogP contribution in [0.25, 0.3) is 0 Å². The van der Waals surface area contributed by atoms with Gasteiger partial charge in [-0.1, -0.05) is 0 Å². The number of fused-ring (bicyclic) bond motifs is 1. The maximum absolute atomic E-state index is 12.3. The molecule has 0 saturated carbocycles. The predicted octanol–water partition coefficient (Wildman–Crippen LogP) is -2.79. The number of ether oxygens (including phenoxy) is 1. The first-order valence-corrected chi connectivity index (χ1v) is 7.32. The van der Waals surface area contributed by atoms with Crippen molar-refractivity contribution < 1.29 is 37.4 Å². The first-order chi connectivity index (χ1) is 9.55. The Bertz CT molecular complexity index is 656. The van der Waals surface area contributed by atoms with E-state index in [1.54, 1.807) is 0 Å². The minimum atomic E-state index is -4.30. The normalized spacial score (nSPS) is 33.0. The molecule has 11 heteroatoms. The smallest absolute Gasteiger partial charge is 0.330 e. The molecule has 0 radical (unpaired) electrons. The van der Waals surface area contributed by atoms with Crippen LogP contribution in [0.3, 0.4) is 0 Å². The number of rotatable bonds is 4. The molecule has 0 aliphatic carbocycles. The van der Waals surface area contributed by atoms with E-state index in [1.807, 2.05) is 0 Å². The number of nitrogens with zero attached hydrogens (tertiary/aromatic N) is 1. The number of hydrogen-bond acceptors (Lipinski definition) is 7. The average Bonchev–Trinajstić information content (AvgIpc) is 2.50. The molecule has 10 nitrogen and oxygen atoms in total. The van der Waals surface area contributed by atoms with Gasteiger partial charge in [0.25, 0.3) is 5.91 Å². The molecule has 2 aliphatic rings. The summed E-state index contributed by atoms with van der Waals surface area (Å²) in [5.74, 6) is -4.76. The van der Waals surface area contributed by atoms with Crippen molar-refractivity contribution in [3.8, 4) is 0 Å². The van der Waals surface area contributed by atoms with Crippen molar-refractivity contribution in [3.05, 3.63) is 0 Å². The number of β-lactam (4-membered cyclic amide) rings is 1. The maximum Gasteiger partial charge on any atom is 0.330 e. The summed E-state index contributed by atoms with van der Waals surface area (Å²) in [5, 5.41) is 7.83. The van der Waals surface area contributed by atoms with Gasteiger partial charge in [-0.05, 0) is 6.92 Å². The van der Waals surface area contributed by atoms with Gasteiger partial charge in [-0.25, -0.2) is 13.2 Å². The van der Waals surface area contributed by atoms with E-state index in [9.17, 15) is 32.7 Å². The quantitative estimate of drug-likeness (QED) is 0.415. The van der Waals surface area contributed by atoms with E-state index in [0.29, 0.717) is 4.90 Å². The van der Waals surface area contributed by atoms with Gasteiger partial charge in [0.05, 0.1) is 6.42 Å². The van der Waals surface area contributed by atoms with E-state index in [1.165, 1.54) is 0 Å². The first-order valence-electron chi connectivity index (χ1n) is 5.78. The predicted molar refractivity (Wildman–Crippen MR) is 64.2 cm³/mol. The van der Waals surface area contributed by atoms with Crippen LogP contribution in [-0.4, -0.2) is 64.9 Å². The van der Waals surface area contributed by atoms with E-state index in [2.05, 4.69) is 4.74 Å². The molecule has 0 aromatic rings. The first kappa shape index (κ1) is 15.2. The lowest BCUT2D eigenvalue weighted by atomic mass is 9.96. The summed E-state index contributed by atoms with van der Waals surface area (Å²) in [7, 11) is -4.30. The SMILES string of the molecule is C[C@]1(C(=O)OCC(N)=O)[C@H](C(=O)O)N2C(=O)C[C@H]2S1(=O)=O. The minimum absolute atomic E-state index is 0.384. The molecule has 0 spiro atoms. The molecule has 2 fully saturated rings. The molecular weight excluding hydrogens is 308 g/mol. The fourth-order valence-corrected chi connectivity index (χ4v) is 4.82. The molecular formula is C10H12N2O8S. The van der Waals surface area contributed by atoms with E-state index in [4.69, 9.17) is 5.73 Å². The highest BCUT2D eigenvalue weighted by molar-refractivity contribution is 7.94. The average molecular weight is 320 g/mol. The van der Waals surface area contributed by atoms with Gasteiger partial charge in [0, 0.05) is 0 Å². The Morgan fingerprint density at radius 3 is 2.48 bits per heavy atom. The third-order valence-electron chi connectivity index (χ3n) is 3.68. The van der Waals surface area contributed by atoms with E-state index >= 15 is 0 Å². The number of esters is 1. The largest absolute Gasteiger partial charge is 0.480 e. The molecule has 0 unspecified atom stereocenters. The highest BCUT2D eigenvalue weighted by Gasteiger charge is 2.73. The number of carbonyl (C=O) groups excluding carboxylic acids is 3. The molecule has 116 valence electrons. The number of aliphatic carboxylic acids is 1. The van der Waals surface area contributed by atoms with Crippen LogP contribution in [0, 0.1) is 0 Å². The number of carbonyl (C=O) groups is 4. The second kappa shape index (κ2) is 4.41. The topological polar surface area (TPSA) is 161 Å². The van der Waals surface area contributed by atoms with Crippen LogP contribution < -0.4 is 5.73 Å². The van der Waals surface area contributed by atoms with Crippen molar-refractivity contribution in [2.75, 3.05) is 6.61 Å². The van der Waals surface area contributed by atoms with E-state index in [-0.39, 0.29) is 6.42 Å². The van der Waals surface area contributed by atoms with Crippen molar-refractivity contribution in [1.82, 2.24) is 4.90 Å². The Labute approximate surface area is 118 Å². The Hall–Kier alpha value is -2.17. The molecule has 3 N–H and O–H groups in total. The molecule has 2 rings (SSSR count).